The molecule has 29 nitrogen and oxygen atoms in total. The number of aromatic nitrogens is 1. The van der Waals surface area contributed by atoms with E-state index in [1.54, 1.807) is 67.7 Å². The first-order valence-electron chi connectivity index (χ1n) is 29.4. The minimum absolute atomic E-state index is 0.0293. The van der Waals surface area contributed by atoms with E-state index in [-0.39, 0.29) is 56.4 Å². The van der Waals surface area contributed by atoms with Crippen LogP contribution >= 0.6 is 0 Å². The number of carbonyl (C=O) groups is 11. The first-order chi connectivity index (χ1) is 42.5. The minimum atomic E-state index is -4.94. The maximum Gasteiger partial charge on any atom is 0.446 e. The lowest BCUT2D eigenvalue weighted by atomic mass is 10.0. The van der Waals surface area contributed by atoms with Crippen LogP contribution in [0.2, 0.25) is 0 Å². The number of benzene rings is 3. The van der Waals surface area contributed by atoms with Crippen LogP contribution in [-0.4, -0.2) is 154 Å². The van der Waals surface area contributed by atoms with E-state index in [9.17, 15) is 75.9 Å². The molecule has 4 rings (SSSR count). The zero-order valence-electron chi connectivity index (χ0n) is 50.8. The number of aromatic amines is 1. The molecule has 0 saturated heterocycles. The number of rotatable bonds is 38. The third-order valence-electron chi connectivity index (χ3n) is 13.8. The third kappa shape index (κ3) is 25.9. The van der Waals surface area contributed by atoms with Gasteiger partial charge in [-0.25, -0.2) is 4.79 Å². The van der Waals surface area contributed by atoms with Gasteiger partial charge in [0, 0.05) is 36.4 Å². The summed E-state index contributed by atoms with van der Waals surface area (Å²) in [4.78, 5) is 153. The molecule has 0 radical (unpaired) electrons. The lowest BCUT2D eigenvalue weighted by molar-refractivity contribution is -0.141. The van der Waals surface area contributed by atoms with Gasteiger partial charge in [-0.1, -0.05) is 100 Å². The van der Waals surface area contributed by atoms with Crippen LogP contribution in [0.5, 0.6) is 5.75 Å². The largest absolute Gasteiger partial charge is 0.481 e. The van der Waals surface area contributed by atoms with Gasteiger partial charge in [0.1, 0.15) is 59.7 Å². The molecule has 0 spiro atoms. The molecule has 3 aromatic carbocycles. The maximum atomic E-state index is 14.8. The van der Waals surface area contributed by atoms with Gasteiger partial charge in [0.15, 0.2) is 0 Å². The number of amides is 9. The molecule has 0 aliphatic carbocycles. The number of unbranched alkanes of at least 4 members (excludes halogenated alkanes) is 3. The summed E-state index contributed by atoms with van der Waals surface area (Å²) < 4.78 is 41.7. The van der Waals surface area contributed by atoms with Crippen molar-refractivity contribution in [1.29, 1.82) is 0 Å². The van der Waals surface area contributed by atoms with Crippen molar-refractivity contribution in [2.75, 3.05) is 6.54 Å². The summed E-state index contributed by atoms with van der Waals surface area (Å²) in [7, 11) is -4.94. The molecule has 0 saturated carbocycles. The Morgan fingerprint density at radius 1 is 0.522 bits per heavy atom. The molecule has 0 aliphatic heterocycles. The second kappa shape index (κ2) is 35.7. The summed E-state index contributed by atoms with van der Waals surface area (Å²) in [6, 6.07) is 8.10. The van der Waals surface area contributed by atoms with Crippen LogP contribution in [-0.2, 0) is 82.3 Å². The van der Waals surface area contributed by atoms with Gasteiger partial charge in [-0.05, 0) is 94.3 Å². The van der Waals surface area contributed by atoms with Crippen molar-refractivity contribution >= 4 is 86.6 Å². The van der Waals surface area contributed by atoms with Crippen LogP contribution in [0.15, 0.2) is 85.1 Å². The van der Waals surface area contributed by atoms with E-state index in [2.05, 4.69) is 51.7 Å². The molecule has 16 N–H and O–H groups in total. The predicted octanol–water partition coefficient (Wildman–Crippen LogP) is 1.61. The standard InChI is InChI=1S/C60H83N11O18S/c1-6-8-20-41(65-55(80)45(30-36-24-26-38(27-25-36)89-90(85,86)87)68-58(83)48(33-50(74)75)71-59(84)88-60(3,4)5)52(77)64-43(23-15-16-28-61)54(79)69-46(31-37-34-63-40-22-14-13-19-39(37)40)56(81)66-42(21-9-7-2)53(78)70-47(32-49(72)73)57(82)67-44(51(62)76)29-35-17-11-10-12-18-35/h10-14,17-19,22,24-27,34,41-48,63H,6-9,15-16,20-21,23,28-33,61H2,1-5H3,(H2,62,76)(H,64,77)(H,65,80)(H,66,81)(H,67,82)(H,68,83)(H,69,79)(H,70,78)(H,71,84)(H,72,73)(H,74,75)(H,85,86,87)/t41-,42-,43+,44-,45-,46-,47-,48+/m0/s1. The van der Waals surface area contributed by atoms with Crippen LogP contribution in [0.4, 0.5) is 4.79 Å². The van der Waals surface area contributed by atoms with Gasteiger partial charge < -0.3 is 78.1 Å². The molecule has 0 aliphatic rings. The van der Waals surface area contributed by atoms with Crippen LogP contribution in [0.25, 0.3) is 10.9 Å². The molecule has 4 aromatic rings. The van der Waals surface area contributed by atoms with Crippen molar-refractivity contribution in [3.63, 3.8) is 0 Å². The van der Waals surface area contributed by atoms with Crippen LogP contribution in [0.3, 0.4) is 0 Å². The van der Waals surface area contributed by atoms with Gasteiger partial charge in [-0.3, -0.25) is 52.5 Å². The Kier molecular flexibility index (Phi) is 29.1. The molecule has 0 fully saturated rings. The number of ether oxygens (including phenoxy) is 1. The summed E-state index contributed by atoms with van der Waals surface area (Å²) in [6.45, 7) is 8.37. The molecule has 1 heterocycles. The SMILES string of the molecule is CCCC[C@H](NC(=O)[C@H](Cc1c[nH]c2ccccc12)NC(=O)[C@@H](CCCCN)NC(=O)[C@H](CCCC)NC(=O)[C@H](Cc1ccc(OS(=O)(=O)O)cc1)NC(=O)[C@@H](CC(=O)O)NC(=O)OC(C)(C)C)C(=O)N[C@@H](CC(=O)O)C(=O)N[C@@H](Cc1ccccc1)C(N)=O. The fourth-order valence-corrected chi connectivity index (χ4v) is 9.64. The van der Waals surface area contributed by atoms with E-state index < -0.39 is 149 Å². The van der Waals surface area contributed by atoms with Gasteiger partial charge in [-0.2, -0.15) is 8.42 Å². The van der Waals surface area contributed by atoms with Crippen molar-refractivity contribution in [3.8, 4) is 5.75 Å². The number of nitrogens with two attached hydrogens (primary N) is 2. The Labute approximate surface area is 521 Å². The number of nitrogens with one attached hydrogen (secondary N) is 9. The molecular formula is C60H83N11O18S. The molecule has 0 unspecified atom stereocenters. The number of hydrogen-bond donors (Lipinski definition) is 14. The highest BCUT2D eigenvalue weighted by atomic mass is 32.3. The van der Waals surface area contributed by atoms with Crippen LogP contribution in [0.1, 0.15) is 122 Å². The lowest BCUT2D eigenvalue weighted by Gasteiger charge is -2.28. The number of fused-ring (bicyclic) bond motifs is 1. The first-order valence-corrected chi connectivity index (χ1v) is 30.8. The quantitative estimate of drug-likeness (QED) is 0.0224. The number of para-hydroxylation sites is 1. The van der Waals surface area contributed by atoms with E-state index in [1.807, 2.05) is 6.92 Å². The van der Waals surface area contributed by atoms with E-state index in [0.29, 0.717) is 54.1 Å². The van der Waals surface area contributed by atoms with Crippen molar-refractivity contribution in [2.24, 2.45) is 11.5 Å². The number of carboxylic acids is 2. The van der Waals surface area contributed by atoms with Crippen molar-refractivity contribution in [1.82, 2.24) is 47.5 Å². The maximum absolute atomic E-state index is 14.8. The Morgan fingerprint density at radius 3 is 1.41 bits per heavy atom. The van der Waals surface area contributed by atoms with E-state index in [4.69, 9.17) is 16.2 Å². The minimum Gasteiger partial charge on any atom is -0.481 e. The fourth-order valence-electron chi connectivity index (χ4n) is 9.29. The van der Waals surface area contributed by atoms with E-state index >= 15 is 0 Å². The first kappa shape index (κ1) is 73.3. The number of carbonyl (C=O) groups excluding carboxylic acids is 9. The summed E-state index contributed by atoms with van der Waals surface area (Å²) >= 11 is 0. The molecule has 0 bridgehead atoms. The third-order valence-corrected chi connectivity index (χ3v) is 14.2. The zero-order chi connectivity index (χ0) is 66.7. The Bertz CT molecular complexity index is 3230. The number of H-pyrrole nitrogens is 1. The summed E-state index contributed by atoms with van der Waals surface area (Å²) in [5, 5.41) is 40.5. The second-order valence-corrected chi connectivity index (χ2v) is 23.4. The lowest BCUT2D eigenvalue weighted by Crippen LogP contribution is -2.61. The second-order valence-electron chi connectivity index (χ2n) is 22.4. The fraction of sp³-hybridized carbons (Fsp3) is 0.483. The molecular weight excluding hydrogens is 1190 g/mol. The number of carboxylic acid groups (broad SMARTS) is 2. The van der Waals surface area contributed by atoms with Gasteiger partial charge in [0.2, 0.25) is 47.3 Å². The number of alkyl carbamates (subject to hydrolysis) is 1. The molecule has 90 heavy (non-hydrogen) atoms. The van der Waals surface area contributed by atoms with Gasteiger partial charge in [0.25, 0.3) is 0 Å². The molecule has 1 aromatic heterocycles. The van der Waals surface area contributed by atoms with Crippen molar-refractivity contribution < 1.29 is 84.8 Å². The smallest absolute Gasteiger partial charge is 0.446 e. The Hall–Kier alpha value is -9.16. The average Bonchev–Trinajstić information content (AvgIpc) is 1.79. The monoisotopic (exact) mass is 1280 g/mol. The summed E-state index contributed by atoms with van der Waals surface area (Å²) in [5.41, 5.74) is 12.5. The van der Waals surface area contributed by atoms with Gasteiger partial charge in [0.05, 0.1) is 12.8 Å². The van der Waals surface area contributed by atoms with Gasteiger partial charge in [-0.15, -0.1) is 0 Å². The number of hydrogen-bond acceptors (Lipinski definition) is 16. The number of aliphatic carboxylic acids is 2. The van der Waals surface area contributed by atoms with Gasteiger partial charge >= 0.3 is 28.4 Å². The topological polar surface area (TPSA) is 465 Å². The Balaban J connectivity index is 1.68. The predicted molar refractivity (Wildman–Crippen MR) is 327 cm³/mol. The molecule has 8 atom stereocenters. The normalized spacial score (nSPS) is 14.1. The summed E-state index contributed by atoms with van der Waals surface area (Å²) in [5.74, 6) is -11.1. The highest BCUT2D eigenvalue weighted by Gasteiger charge is 2.36. The zero-order valence-corrected chi connectivity index (χ0v) is 51.7. The molecule has 492 valence electrons. The summed E-state index contributed by atoms with van der Waals surface area (Å²) in [6.07, 6.45) is 0.0522. The van der Waals surface area contributed by atoms with E-state index in [1.165, 1.54) is 32.9 Å². The highest BCUT2D eigenvalue weighted by Crippen LogP contribution is 2.21. The average molecular weight is 1280 g/mol. The number of primary amides is 1. The van der Waals surface area contributed by atoms with E-state index in [0.717, 1.165) is 12.1 Å². The Morgan fingerprint density at radius 2 is 0.933 bits per heavy atom. The molecule has 30 heteroatoms. The van der Waals surface area contributed by atoms with Crippen LogP contribution in [0, 0.1) is 0 Å². The van der Waals surface area contributed by atoms with Crippen molar-refractivity contribution in [3.05, 3.63) is 102 Å². The van der Waals surface area contributed by atoms with Crippen LogP contribution < -0.4 is 58.2 Å². The highest BCUT2D eigenvalue weighted by molar-refractivity contribution is 7.81. The molecule has 9 amide bonds. The van der Waals surface area contributed by atoms with Crippen molar-refractivity contribution in [2.45, 2.75) is 178 Å².